The second-order valence-electron chi connectivity index (χ2n) is 3.55. The minimum Gasteiger partial charge on any atom is -0.466 e. The number of carbonyl (C=O) groups excluding carboxylic acids is 2. The molecule has 3 heteroatoms. The van der Waals surface area contributed by atoms with E-state index in [0.717, 1.165) is 5.56 Å². The van der Waals surface area contributed by atoms with Crippen molar-refractivity contribution >= 4 is 17.8 Å². The van der Waals surface area contributed by atoms with Crippen molar-refractivity contribution in [3.05, 3.63) is 41.5 Å². The number of carbonyl (C=O) groups is 2. The average molecular weight is 232 g/mol. The van der Waals surface area contributed by atoms with Crippen molar-refractivity contribution in [1.29, 1.82) is 0 Å². The summed E-state index contributed by atoms with van der Waals surface area (Å²) >= 11 is 0. The molecule has 0 aliphatic rings. The lowest BCUT2D eigenvalue weighted by Crippen LogP contribution is -2.01. The number of hydrogen-bond donors (Lipinski definition) is 0. The van der Waals surface area contributed by atoms with E-state index in [4.69, 9.17) is 4.74 Å². The van der Waals surface area contributed by atoms with Crippen LogP contribution < -0.4 is 0 Å². The van der Waals surface area contributed by atoms with Crippen LogP contribution in [0.15, 0.2) is 30.3 Å². The van der Waals surface area contributed by atoms with Crippen LogP contribution >= 0.6 is 0 Å². The topological polar surface area (TPSA) is 43.4 Å². The summed E-state index contributed by atoms with van der Waals surface area (Å²) in [4.78, 5) is 22.5. The highest BCUT2D eigenvalue weighted by atomic mass is 16.5. The van der Waals surface area contributed by atoms with Gasteiger partial charge in [0.15, 0.2) is 5.78 Å². The van der Waals surface area contributed by atoms with Crippen molar-refractivity contribution in [1.82, 2.24) is 0 Å². The van der Waals surface area contributed by atoms with Crippen LogP contribution in [0.4, 0.5) is 0 Å². The first-order valence-corrected chi connectivity index (χ1v) is 5.57. The molecule has 1 aromatic carbocycles. The number of ether oxygens (including phenoxy) is 1. The molecule has 0 N–H and O–H groups in total. The molecule has 90 valence electrons. The molecule has 0 heterocycles. The summed E-state index contributed by atoms with van der Waals surface area (Å²) < 4.78 is 4.80. The fraction of sp³-hybridized carbons (Fsp3) is 0.286. The van der Waals surface area contributed by atoms with Crippen LogP contribution in [0, 0.1) is 0 Å². The maximum Gasteiger partial charge on any atom is 0.309 e. The Hall–Kier alpha value is -1.90. The van der Waals surface area contributed by atoms with Crippen LogP contribution in [-0.2, 0) is 9.53 Å². The number of rotatable bonds is 5. The van der Waals surface area contributed by atoms with E-state index in [-0.39, 0.29) is 18.2 Å². The van der Waals surface area contributed by atoms with Crippen LogP contribution in [0.3, 0.4) is 0 Å². The fourth-order valence-corrected chi connectivity index (χ4v) is 1.46. The zero-order chi connectivity index (χ0) is 12.7. The van der Waals surface area contributed by atoms with Crippen molar-refractivity contribution in [3.8, 4) is 0 Å². The molecular formula is C14H16O3. The van der Waals surface area contributed by atoms with E-state index in [1.165, 1.54) is 6.92 Å². The zero-order valence-electron chi connectivity index (χ0n) is 10.1. The molecule has 0 saturated heterocycles. The standard InChI is InChI=1S/C14H16O3/c1-3-17-14(16)10-6-8-12-7-4-5-9-13(12)11(2)15/h4-9H,3,10H2,1-2H3. The number of ketones is 1. The first kappa shape index (κ1) is 13.2. The Bertz CT molecular complexity index is 433. The minimum absolute atomic E-state index is 0.0152. The number of esters is 1. The second-order valence-corrected chi connectivity index (χ2v) is 3.55. The minimum atomic E-state index is -0.260. The molecule has 0 aliphatic carbocycles. The summed E-state index contributed by atoms with van der Waals surface area (Å²) in [6.07, 6.45) is 3.70. The van der Waals surface area contributed by atoms with Crippen molar-refractivity contribution in [2.24, 2.45) is 0 Å². The normalized spacial score (nSPS) is 10.5. The molecule has 0 unspecified atom stereocenters. The predicted octanol–water partition coefficient (Wildman–Crippen LogP) is 2.86. The highest BCUT2D eigenvalue weighted by Crippen LogP contribution is 2.11. The summed E-state index contributed by atoms with van der Waals surface area (Å²) in [6, 6.07) is 7.29. The third-order valence-corrected chi connectivity index (χ3v) is 2.23. The van der Waals surface area contributed by atoms with Gasteiger partial charge in [-0.3, -0.25) is 9.59 Å². The van der Waals surface area contributed by atoms with Gasteiger partial charge in [-0.25, -0.2) is 0 Å². The van der Waals surface area contributed by atoms with Crippen molar-refractivity contribution in [2.75, 3.05) is 6.61 Å². The van der Waals surface area contributed by atoms with E-state index >= 15 is 0 Å². The molecular weight excluding hydrogens is 216 g/mol. The lowest BCUT2D eigenvalue weighted by molar-refractivity contribution is -0.142. The van der Waals surface area contributed by atoms with Crippen LogP contribution in [0.1, 0.15) is 36.2 Å². The molecule has 0 atom stereocenters. The monoisotopic (exact) mass is 232 g/mol. The Morgan fingerprint density at radius 1 is 1.29 bits per heavy atom. The van der Waals surface area contributed by atoms with Gasteiger partial charge in [-0.2, -0.15) is 0 Å². The van der Waals surface area contributed by atoms with Crippen molar-refractivity contribution in [3.63, 3.8) is 0 Å². The third kappa shape index (κ3) is 4.23. The highest BCUT2D eigenvalue weighted by Gasteiger charge is 2.03. The van der Waals surface area contributed by atoms with Crippen LogP contribution in [0.25, 0.3) is 6.08 Å². The maximum atomic E-state index is 11.3. The van der Waals surface area contributed by atoms with Crippen LogP contribution in [-0.4, -0.2) is 18.4 Å². The SMILES string of the molecule is CCOC(=O)CC=Cc1ccccc1C(C)=O. The Morgan fingerprint density at radius 2 is 2.00 bits per heavy atom. The summed E-state index contributed by atoms with van der Waals surface area (Å²) in [5.74, 6) is -0.245. The van der Waals surface area contributed by atoms with Gasteiger partial charge in [-0.1, -0.05) is 36.4 Å². The molecule has 0 fully saturated rings. The highest BCUT2D eigenvalue weighted by molar-refractivity contribution is 5.97. The Balaban J connectivity index is 2.71. The van der Waals surface area contributed by atoms with Gasteiger partial charge in [0.25, 0.3) is 0 Å². The van der Waals surface area contributed by atoms with Gasteiger partial charge < -0.3 is 4.74 Å². The van der Waals surface area contributed by atoms with E-state index in [1.807, 2.05) is 18.2 Å². The molecule has 1 aromatic rings. The molecule has 0 aliphatic heterocycles. The molecule has 0 bridgehead atoms. The second kappa shape index (κ2) is 6.63. The van der Waals surface area contributed by atoms with Crippen molar-refractivity contribution < 1.29 is 14.3 Å². The summed E-state index contributed by atoms with van der Waals surface area (Å²) in [5.41, 5.74) is 1.48. The first-order valence-electron chi connectivity index (χ1n) is 5.57. The fourth-order valence-electron chi connectivity index (χ4n) is 1.46. The van der Waals surface area contributed by atoms with Crippen LogP contribution in [0.2, 0.25) is 0 Å². The third-order valence-electron chi connectivity index (χ3n) is 2.23. The van der Waals surface area contributed by atoms with E-state index in [2.05, 4.69) is 0 Å². The summed E-state index contributed by atoms with van der Waals surface area (Å²) in [7, 11) is 0. The molecule has 0 spiro atoms. The maximum absolute atomic E-state index is 11.3. The first-order chi connectivity index (χ1) is 8.15. The van der Waals surface area contributed by atoms with Crippen molar-refractivity contribution in [2.45, 2.75) is 20.3 Å². The number of Topliss-reactive ketones (excluding diaryl/α,β-unsaturated/α-hetero) is 1. The van der Waals surface area contributed by atoms with E-state index in [1.54, 1.807) is 25.1 Å². The van der Waals surface area contributed by atoms with Gasteiger partial charge in [0.05, 0.1) is 13.0 Å². The lowest BCUT2D eigenvalue weighted by atomic mass is 10.0. The van der Waals surface area contributed by atoms with E-state index in [0.29, 0.717) is 12.2 Å². The van der Waals surface area contributed by atoms with E-state index < -0.39 is 0 Å². The largest absolute Gasteiger partial charge is 0.466 e. The molecule has 0 amide bonds. The number of benzene rings is 1. The van der Waals surface area contributed by atoms with Gasteiger partial charge in [0.1, 0.15) is 0 Å². The Morgan fingerprint density at radius 3 is 2.65 bits per heavy atom. The quantitative estimate of drug-likeness (QED) is 0.579. The molecule has 17 heavy (non-hydrogen) atoms. The molecule has 0 saturated carbocycles. The molecule has 0 radical (unpaired) electrons. The smallest absolute Gasteiger partial charge is 0.309 e. The van der Waals surface area contributed by atoms with Gasteiger partial charge in [-0.05, 0) is 19.4 Å². The van der Waals surface area contributed by atoms with E-state index in [9.17, 15) is 9.59 Å². The summed E-state index contributed by atoms with van der Waals surface area (Å²) in [6.45, 7) is 3.68. The van der Waals surface area contributed by atoms with Gasteiger partial charge in [0.2, 0.25) is 0 Å². The predicted molar refractivity (Wildman–Crippen MR) is 66.7 cm³/mol. The molecule has 3 nitrogen and oxygen atoms in total. The Kier molecular flexibility index (Phi) is 5.14. The van der Waals surface area contributed by atoms with Crippen LogP contribution in [0.5, 0.6) is 0 Å². The van der Waals surface area contributed by atoms with Gasteiger partial charge in [-0.15, -0.1) is 0 Å². The summed E-state index contributed by atoms with van der Waals surface area (Å²) in [5, 5.41) is 0. The molecule has 1 rings (SSSR count). The molecule has 0 aromatic heterocycles. The van der Waals surface area contributed by atoms with Gasteiger partial charge >= 0.3 is 5.97 Å². The Labute approximate surface area is 101 Å². The number of hydrogen-bond acceptors (Lipinski definition) is 3. The average Bonchev–Trinajstić information content (AvgIpc) is 2.30. The van der Waals surface area contributed by atoms with Gasteiger partial charge in [0, 0.05) is 5.56 Å². The zero-order valence-corrected chi connectivity index (χ0v) is 10.1. The lowest BCUT2D eigenvalue weighted by Gasteiger charge is -2.01.